The van der Waals surface area contributed by atoms with Crippen LogP contribution in [0, 0.1) is 0 Å². The molecule has 0 heterocycles. The van der Waals surface area contributed by atoms with Crippen molar-refractivity contribution in [1.29, 1.82) is 0 Å². The fraction of sp³-hybridized carbons (Fsp3) is 1.00. The second-order valence-corrected chi connectivity index (χ2v) is 40.0. The van der Waals surface area contributed by atoms with Gasteiger partial charge in [0.1, 0.15) is 0 Å². The second kappa shape index (κ2) is 8.79. The van der Waals surface area contributed by atoms with Crippen LogP contribution in [0.4, 0.5) is 0 Å². The monoisotopic (exact) mass is 575 g/mol. The van der Waals surface area contributed by atoms with E-state index in [1.807, 2.05) is 0 Å². The zero-order valence-corrected chi connectivity index (χ0v) is 17.6. The molecule has 0 aliphatic carbocycles. The Bertz CT molecular complexity index is 148. The van der Waals surface area contributed by atoms with Gasteiger partial charge in [-0.25, -0.2) is 0 Å². The van der Waals surface area contributed by atoms with Crippen molar-refractivity contribution < 1.29 is 13.8 Å². The first kappa shape index (κ1) is 19.1. The average Bonchev–Trinajstić information content (AvgIpc) is 1.80. The third-order valence-corrected chi connectivity index (χ3v) is 1.49. The summed E-state index contributed by atoms with van der Waals surface area (Å²) < 4.78 is 1.99. The summed E-state index contributed by atoms with van der Waals surface area (Å²) in [6.45, 7) is 3.24. The molecular weight excluding hydrogens is 555 g/mol. The summed E-state index contributed by atoms with van der Waals surface area (Å²) in [5, 5.41) is 0. The van der Waals surface area contributed by atoms with Crippen LogP contribution in [0.15, 0.2) is 0 Å². The van der Waals surface area contributed by atoms with Crippen LogP contribution in [0.25, 0.3) is 0 Å². The SMILES string of the molecule is C[B][N+](C)(C)C[N+](C)(C)C.[I][V]([I])[I]. The van der Waals surface area contributed by atoms with Gasteiger partial charge >= 0.3 is 72.3 Å². The van der Waals surface area contributed by atoms with Crippen LogP contribution in [0.3, 0.4) is 0 Å². The van der Waals surface area contributed by atoms with Crippen LogP contribution in [-0.4, -0.2) is 58.2 Å². The third kappa shape index (κ3) is 20.2. The molecule has 1 radical (unpaired) electrons. The van der Waals surface area contributed by atoms with Crippen molar-refractivity contribution in [3.63, 3.8) is 0 Å². The molecule has 0 aromatic carbocycles. The van der Waals surface area contributed by atoms with Crippen molar-refractivity contribution in [2.75, 3.05) is 41.9 Å². The van der Waals surface area contributed by atoms with Gasteiger partial charge in [-0.1, -0.05) is 0 Å². The molecule has 0 spiro atoms. The molecule has 0 atom stereocenters. The van der Waals surface area contributed by atoms with Gasteiger partial charge in [0.2, 0.25) is 0 Å². The average molecular weight is 575 g/mol. The summed E-state index contributed by atoms with van der Waals surface area (Å²) in [5.74, 6) is 0. The quantitative estimate of drug-likeness (QED) is 0.211. The number of quaternary nitrogens is 2. The molecular formula is C7H20BI3N2V+2. The Morgan fingerprint density at radius 3 is 1.36 bits per heavy atom. The molecule has 0 saturated heterocycles. The van der Waals surface area contributed by atoms with Gasteiger partial charge < -0.3 is 4.39 Å². The van der Waals surface area contributed by atoms with Gasteiger partial charge in [0.15, 0.2) is 6.67 Å². The molecule has 0 aliphatic heterocycles. The maximum absolute atomic E-state index is 2.46. The molecule has 85 valence electrons. The first-order valence-electron chi connectivity index (χ1n) is 4.21. The molecule has 0 saturated carbocycles. The van der Waals surface area contributed by atoms with E-state index in [2.05, 4.69) is 109 Å². The molecule has 7 heteroatoms. The van der Waals surface area contributed by atoms with E-state index < -0.39 is 0 Å². The van der Waals surface area contributed by atoms with E-state index in [1.54, 1.807) is 0 Å². The standard InChI is InChI=1S/C7H20BN2.3HI.V/c1-8-10(5,6)7-9(2,3)4;;;;/h7H2,1-6H3;3*1H;/q+2;;;;+3/p-3. The van der Waals surface area contributed by atoms with Crippen molar-refractivity contribution in [2.24, 2.45) is 0 Å². The van der Waals surface area contributed by atoms with Crippen molar-refractivity contribution in [3.05, 3.63) is 0 Å². The summed E-state index contributed by atoms with van der Waals surface area (Å²) in [5.41, 5.74) is 0. The van der Waals surface area contributed by atoms with Crippen LogP contribution >= 0.6 is 59.9 Å². The predicted octanol–water partition coefficient (Wildman–Crippen LogP) is 3.05. The molecule has 0 aliphatic rings. The van der Waals surface area contributed by atoms with E-state index in [9.17, 15) is 0 Å². The Balaban J connectivity index is 0. The molecule has 2 nitrogen and oxygen atoms in total. The second-order valence-electron chi connectivity index (χ2n) is 4.66. The fourth-order valence-electron chi connectivity index (χ4n) is 1.18. The molecule has 0 rings (SSSR count). The van der Waals surface area contributed by atoms with E-state index in [-0.39, 0.29) is 4.92 Å². The first-order valence-corrected chi connectivity index (χ1v) is 17.7. The summed E-state index contributed by atoms with van der Waals surface area (Å²) in [4.78, 5) is -0.278. The van der Waals surface area contributed by atoms with Gasteiger partial charge in [0.05, 0.1) is 35.2 Å². The summed E-state index contributed by atoms with van der Waals surface area (Å²) in [7, 11) is 13.3. The van der Waals surface area contributed by atoms with Gasteiger partial charge in [-0.2, -0.15) is 0 Å². The normalized spacial score (nSPS) is 12.1. The molecule has 0 unspecified atom stereocenters. The summed E-state index contributed by atoms with van der Waals surface area (Å²) >= 11 is 7.39. The van der Waals surface area contributed by atoms with Gasteiger partial charge in [0.25, 0.3) is 0 Å². The Morgan fingerprint density at radius 2 is 1.29 bits per heavy atom. The summed E-state index contributed by atoms with van der Waals surface area (Å²) in [6, 6.07) is 0. The zero-order valence-electron chi connectivity index (χ0n) is 9.76. The number of nitrogens with zero attached hydrogens (tertiary/aromatic N) is 2. The Kier molecular flexibility index (Phi) is 12.0. The van der Waals surface area contributed by atoms with Crippen LogP contribution in [0.1, 0.15) is 0 Å². The van der Waals surface area contributed by atoms with E-state index >= 15 is 0 Å². The van der Waals surface area contributed by atoms with Crippen molar-refractivity contribution in [1.82, 2.24) is 0 Å². The molecule has 0 amide bonds. The molecule has 0 bridgehead atoms. The number of hydrogen-bond acceptors (Lipinski definition) is 0. The van der Waals surface area contributed by atoms with Gasteiger partial charge in [-0.05, 0) is 6.82 Å². The molecule has 0 N–H and O–H groups in total. The first-order chi connectivity index (χ1) is 6.00. The van der Waals surface area contributed by atoms with E-state index in [1.165, 1.54) is 0 Å². The minimum absolute atomic E-state index is 0.278. The van der Waals surface area contributed by atoms with Crippen LogP contribution < -0.4 is 0 Å². The van der Waals surface area contributed by atoms with Gasteiger partial charge in [-0.15, -0.1) is 0 Å². The van der Waals surface area contributed by atoms with Crippen molar-refractivity contribution >= 4 is 67.4 Å². The topological polar surface area (TPSA) is 0 Å². The minimum atomic E-state index is -0.278. The van der Waals surface area contributed by atoms with Crippen LogP contribution in [0.2, 0.25) is 6.82 Å². The fourth-order valence-corrected chi connectivity index (χ4v) is 1.18. The van der Waals surface area contributed by atoms with E-state index in [4.69, 9.17) is 0 Å². The Labute approximate surface area is 128 Å². The van der Waals surface area contributed by atoms with E-state index in [0.29, 0.717) is 0 Å². The maximum atomic E-state index is 2.46. The zero-order chi connectivity index (χ0) is 12.0. The molecule has 0 aromatic rings. The Morgan fingerprint density at radius 1 is 1.00 bits per heavy atom. The van der Waals surface area contributed by atoms with Crippen LogP contribution in [-0.2, 0) is 4.92 Å². The number of halogens is 3. The molecule has 0 aromatic heterocycles. The third-order valence-electron chi connectivity index (χ3n) is 1.49. The van der Waals surface area contributed by atoms with Crippen molar-refractivity contribution in [3.8, 4) is 0 Å². The molecule has 14 heavy (non-hydrogen) atoms. The van der Waals surface area contributed by atoms with Crippen molar-refractivity contribution in [2.45, 2.75) is 6.82 Å². The summed E-state index contributed by atoms with van der Waals surface area (Å²) in [6.07, 6.45) is 0. The molecule has 0 fully saturated rings. The van der Waals surface area contributed by atoms with Crippen LogP contribution in [0.5, 0.6) is 0 Å². The number of rotatable bonds is 3. The number of hydrogen-bond donors (Lipinski definition) is 0. The Hall–Kier alpha value is 2.76. The predicted molar refractivity (Wildman–Crippen MR) is 88.7 cm³/mol. The van der Waals surface area contributed by atoms with Gasteiger partial charge in [-0.3, -0.25) is 4.48 Å². The van der Waals surface area contributed by atoms with Gasteiger partial charge in [0, 0.05) is 0 Å². The van der Waals surface area contributed by atoms with E-state index in [0.717, 1.165) is 15.5 Å².